The van der Waals surface area contributed by atoms with Crippen LogP contribution < -0.4 is 5.73 Å². The molecule has 6 nitrogen and oxygen atoms in total. The van der Waals surface area contributed by atoms with Crippen LogP contribution in [0.15, 0.2) is 18.2 Å². The Morgan fingerprint density at radius 3 is 2.48 bits per heavy atom. The standard InChI is InChI=1S/C16H23ClN2O4/c1-10(22-11(2)20)19(15(21)23-16(3,4)5)9-12-8-13(17)6-7-14(12)18/h6-8,10H,9,18H2,1-5H3. The van der Waals surface area contributed by atoms with Crippen LogP contribution in [-0.4, -0.2) is 28.8 Å². The summed E-state index contributed by atoms with van der Waals surface area (Å²) >= 11 is 5.97. The molecule has 1 unspecified atom stereocenters. The van der Waals surface area contributed by atoms with E-state index in [0.717, 1.165) is 0 Å². The third-order valence-electron chi connectivity index (χ3n) is 2.85. The number of benzene rings is 1. The lowest BCUT2D eigenvalue weighted by Crippen LogP contribution is -2.43. The number of carbonyl (C=O) groups is 2. The first-order valence-electron chi connectivity index (χ1n) is 7.20. The van der Waals surface area contributed by atoms with Crippen molar-refractivity contribution in [1.29, 1.82) is 0 Å². The first-order chi connectivity index (χ1) is 10.5. The highest BCUT2D eigenvalue weighted by Crippen LogP contribution is 2.22. The molecule has 1 rings (SSSR count). The molecule has 0 aliphatic rings. The molecule has 0 heterocycles. The van der Waals surface area contributed by atoms with Crippen LogP contribution >= 0.6 is 11.6 Å². The van der Waals surface area contributed by atoms with Crippen LogP contribution in [-0.2, 0) is 20.8 Å². The van der Waals surface area contributed by atoms with Gasteiger partial charge in [-0.2, -0.15) is 0 Å². The van der Waals surface area contributed by atoms with Gasteiger partial charge in [0.1, 0.15) is 5.60 Å². The molecule has 1 aromatic rings. The SMILES string of the molecule is CC(=O)OC(C)N(Cc1cc(Cl)ccc1N)C(=O)OC(C)(C)C. The maximum absolute atomic E-state index is 12.4. The van der Waals surface area contributed by atoms with Crippen molar-refractivity contribution < 1.29 is 19.1 Å². The van der Waals surface area contributed by atoms with Gasteiger partial charge in [-0.3, -0.25) is 9.69 Å². The maximum Gasteiger partial charge on any atom is 0.413 e. The smallest absolute Gasteiger partial charge is 0.413 e. The van der Waals surface area contributed by atoms with Gasteiger partial charge in [-0.15, -0.1) is 0 Å². The summed E-state index contributed by atoms with van der Waals surface area (Å²) in [7, 11) is 0. The highest BCUT2D eigenvalue weighted by molar-refractivity contribution is 6.30. The number of ether oxygens (including phenoxy) is 2. The average molecular weight is 343 g/mol. The summed E-state index contributed by atoms with van der Waals surface area (Å²) in [6, 6.07) is 4.98. The van der Waals surface area contributed by atoms with E-state index in [2.05, 4.69) is 0 Å². The number of anilines is 1. The fourth-order valence-corrected chi connectivity index (χ4v) is 2.06. The summed E-state index contributed by atoms with van der Waals surface area (Å²) in [6.45, 7) is 8.24. The second-order valence-electron chi connectivity index (χ2n) is 6.16. The molecule has 0 saturated carbocycles. The van der Waals surface area contributed by atoms with E-state index in [1.807, 2.05) is 0 Å². The van der Waals surface area contributed by atoms with Crippen LogP contribution in [0, 0.1) is 0 Å². The molecule has 0 aromatic heterocycles. The van der Waals surface area contributed by atoms with E-state index >= 15 is 0 Å². The fraction of sp³-hybridized carbons (Fsp3) is 0.500. The van der Waals surface area contributed by atoms with E-state index < -0.39 is 23.9 Å². The maximum atomic E-state index is 12.4. The van der Waals surface area contributed by atoms with Crippen molar-refractivity contribution in [2.75, 3.05) is 5.73 Å². The van der Waals surface area contributed by atoms with Gasteiger partial charge < -0.3 is 15.2 Å². The number of nitrogens with zero attached hydrogens (tertiary/aromatic N) is 1. The number of rotatable bonds is 4. The Bertz CT molecular complexity index is 584. The van der Waals surface area contributed by atoms with Crippen molar-refractivity contribution in [2.45, 2.75) is 53.0 Å². The molecule has 0 aliphatic carbocycles. The van der Waals surface area contributed by atoms with Crippen molar-refractivity contribution in [3.05, 3.63) is 28.8 Å². The molecule has 0 fully saturated rings. The van der Waals surface area contributed by atoms with E-state index in [-0.39, 0.29) is 6.54 Å². The van der Waals surface area contributed by atoms with Gasteiger partial charge in [-0.1, -0.05) is 11.6 Å². The second kappa shape index (κ2) is 7.55. The number of nitrogens with two attached hydrogens (primary N) is 1. The Balaban J connectivity index is 3.05. The van der Waals surface area contributed by atoms with E-state index in [4.69, 9.17) is 26.8 Å². The summed E-state index contributed by atoms with van der Waals surface area (Å²) in [5.41, 5.74) is 6.37. The van der Waals surface area contributed by atoms with Crippen molar-refractivity contribution in [3.63, 3.8) is 0 Å². The molecule has 2 N–H and O–H groups in total. The van der Waals surface area contributed by atoms with Crippen molar-refractivity contribution >= 4 is 29.4 Å². The largest absolute Gasteiger partial charge is 0.444 e. The average Bonchev–Trinajstić information content (AvgIpc) is 2.36. The number of carbonyl (C=O) groups excluding carboxylic acids is 2. The number of nitrogen functional groups attached to an aromatic ring is 1. The highest BCUT2D eigenvalue weighted by atomic mass is 35.5. The lowest BCUT2D eigenvalue weighted by molar-refractivity contribution is -0.154. The van der Waals surface area contributed by atoms with Crippen molar-refractivity contribution in [1.82, 2.24) is 4.90 Å². The predicted molar refractivity (Wildman–Crippen MR) is 88.9 cm³/mol. The monoisotopic (exact) mass is 342 g/mol. The molecule has 0 saturated heterocycles. The molecule has 7 heteroatoms. The quantitative estimate of drug-likeness (QED) is 0.514. The molecule has 0 bridgehead atoms. The summed E-state index contributed by atoms with van der Waals surface area (Å²) in [5.74, 6) is -0.495. The fourth-order valence-electron chi connectivity index (χ4n) is 1.86. The van der Waals surface area contributed by atoms with Gasteiger partial charge in [0.25, 0.3) is 0 Å². The molecule has 0 spiro atoms. The summed E-state index contributed by atoms with van der Waals surface area (Å²) < 4.78 is 10.5. The van der Waals surface area contributed by atoms with Gasteiger partial charge in [-0.25, -0.2) is 4.79 Å². The number of halogens is 1. The third kappa shape index (κ3) is 6.36. The molecule has 0 radical (unpaired) electrons. The Hall–Kier alpha value is -1.95. The summed E-state index contributed by atoms with van der Waals surface area (Å²) in [6.07, 6.45) is -1.41. The number of esters is 1. The third-order valence-corrected chi connectivity index (χ3v) is 3.08. The van der Waals surface area contributed by atoms with Crippen LogP contribution in [0.5, 0.6) is 0 Å². The summed E-state index contributed by atoms with van der Waals surface area (Å²) in [4.78, 5) is 24.9. The molecule has 23 heavy (non-hydrogen) atoms. The van der Waals surface area contributed by atoms with Crippen LogP contribution in [0.2, 0.25) is 5.02 Å². The molecule has 128 valence electrons. The van der Waals surface area contributed by atoms with E-state index in [1.165, 1.54) is 11.8 Å². The number of hydrogen-bond acceptors (Lipinski definition) is 5. The number of hydrogen-bond donors (Lipinski definition) is 1. The lowest BCUT2D eigenvalue weighted by Gasteiger charge is -2.31. The zero-order valence-corrected chi connectivity index (χ0v) is 14.8. The molecular weight excluding hydrogens is 320 g/mol. The Morgan fingerprint density at radius 2 is 1.96 bits per heavy atom. The lowest BCUT2D eigenvalue weighted by atomic mass is 10.1. The summed E-state index contributed by atoms with van der Waals surface area (Å²) in [5, 5.41) is 0.499. The van der Waals surface area contributed by atoms with E-state index in [9.17, 15) is 9.59 Å². The van der Waals surface area contributed by atoms with Crippen LogP contribution in [0.4, 0.5) is 10.5 Å². The van der Waals surface area contributed by atoms with E-state index in [1.54, 1.807) is 45.9 Å². The Kier molecular flexibility index (Phi) is 6.27. The minimum atomic E-state index is -0.805. The van der Waals surface area contributed by atoms with Gasteiger partial charge in [0.2, 0.25) is 0 Å². The second-order valence-corrected chi connectivity index (χ2v) is 6.60. The Labute approximate surface area is 141 Å². The van der Waals surface area contributed by atoms with Gasteiger partial charge in [0, 0.05) is 17.6 Å². The zero-order chi connectivity index (χ0) is 17.8. The first kappa shape index (κ1) is 19.1. The topological polar surface area (TPSA) is 81.9 Å². The molecule has 1 atom stereocenters. The normalized spacial score (nSPS) is 12.4. The van der Waals surface area contributed by atoms with Crippen molar-refractivity contribution in [3.8, 4) is 0 Å². The van der Waals surface area contributed by atoms with Crippen LogP contribution in [0.3, 0.4) is 0 Å². The minimum absolute atomic E-state index is 0.107. The van der Waals surface area contributed by atoms with Crippen molar-refractivity contribution in [2.24, 2.45) is 0 Å². The van der Waals surface area contributed by atoms with Gasteiger partial charge >= 0.3 is 12.1 Å². The molecule has 1 aromatic carbocycles. The van der Waals surface area contributed by atoms with Crippen LogP contribution in [0.1, 0.15) is 40.2 Å². The van der Waals surface area contributed by atoms with Gasteiger partial charge in [-0.05, 0) is 51.5 Å². The predicted octanol–water partition coefficient (Wildman–Crippen LogP) is 3.57. The molecular formula is C16H23ClN2O4. The highest BCUT2D eigenvalue weighted by Gasteiger charge is 2.28. The molecule has 1 amide bonds. The molecule has 0 aliphatic heterocycles. The zero-order valence-electron chi connectivity index (χ0n) is 14.1. The van der Waals surface area contributed by atoms with Crippen LogP contribution in [0.25, 0.3) is 0 Å². The minimum Gasteiger partial charge on any atom is -0.444 e. The first-order valence-corrected chi connectivity index (χ1v) is 7.58. The Morgan fingerprint density at radius 1 is 1.35 bits per heavy atom. The van der Waals surface area contributed by atoms with E-state index in [0.29, 0.717) is 16.3 Å². The van der Waals surface area contributed by atoms with Gasteiger partial charge in [0.05, 0.1) is 6.54 Å². The van der Waals surface area contributed by atoms with Gasteiger partial charge in [0.15, 0.2) is 6.23 Å². The number of amides is 1.